The third kappa shape index (κ3) is 66.3. The van der Waals surface area contributed by atoms with E-state index >= 15 is 0 Å². The van der Waals surface area contributed by atoms with Crippen LogP contribution >= 0.6 is 0 Å². The van der Waals surface area contributed by atoms with Gasteiger partial charge in [-0.3, -0.25) is 0 Å². The fourth-order valence-corrected chi connectivity index (χ4v) is 1.21. The smallest absolute Gasteiger partial charge is 0.412 e. The Bertz CT molecular complexity index is 182. The average molecular weight is 455 g/mol. The van der Waals surface area contributed by atoms with Gasteiger partial charge in [0.2, 0.25) is 0 Å². The van der Waals surface area contributed by atoms with Crippen molar-refractivity contribution in [3.63, 3.8) is 0 Å². The zero-order valence-electron chi connectivity index (χ0n) is 12.9. The molecule has 24 heavy (non-hydrogen) atoms. The predicted molar refractivity (Wildman–Crippen MR) is 55.1 cm³/mol. The Morgan fingerprint density at radius 3 is 0.583 bits per heavy atom. The van der Waals surface area contributed by atoms with Gasteiger partial charge in [0.1, 0.15) is 0 Å². The van der Waals surface area contributed by atoms with Gasteiger partial charge < -0.3 is 26.7 Å². The van der Waals surface area contributed by atoms with E-state index in [1.54, 1.807) is 0 Å². The number of rotatable bonds is 0. The van der Waals surface area contributed by atoms with Crippen LogP contribution in [0.3, 0.4) is 0 Å². The van der Waals surface area contributed by atoms with Crippen LogP contribution in [0, 0.1) is 20.5 Å². The molecule has 0 unspecified atom stereocenters. The molecule has 144 valence electrons. The van der Waals surface area contributed by atoms with E-state index in [0.717, 1.165) is 52.4 Å². The van der Waals surface area contributed by atoms with Crippen LogP contribution < -0.4 is 58.5 Å². The minimum Gasteiger partial charge on any atom is -0.412 e. The molecule has 0 aromatic rings. The summed E-state index contributed by atoms with van der Waals surface area (Å²) in [4.78, 5) is 0. The van der Waals surface area contributed by atoms with Gasteiger partial charge in [0.05, 0.1) is 0 Å². The van der Waals surface area contributed by atoms with E-state index in [1.807, 2.05) is 0 Å². The summed E-state index contributed by atoms with van der Waals surface area (Å²) >= 11 is 0. The molecule has 1 fully saturated rings. The molecule has 0 spiro atoms. The Balaban J connectivity index is -0.000000142. The van der Waals surface area contributed by atoms with Crippen LogP contribution in [0.25, 0.3) is 0 Å². The van der Waals surface area contributed by atoms with Crippen molar-refractivity contribution in [2.24, 2.45) is 0 Å². The van der Waals surface area contributed by atoms with Crippen LogP contribution in [-0.4, -0.2) is 57.8 Å². The maximum atomic E-state index is 8.49. The summed E-state index contributed by atoms with van der Waals surface area (Å²) < 4.78 is 67.9. The molecule has 0 saturated carbocycles. The minimum absolute atomic E-state index is 0. The van der Waals surface area contributed by atoms with Crippen molar-refractivity contribution in [1.82, 2.24) is 21.3 Å². The first-order valence-corrected chi connectivity index (χ1v) is 8.53. The maximum Gasteiger partial charge on any atom is 2.00 e. The van der Waals surface area contributed by atoms with E-state index < -0.39 is 20.5 Å². The summed E-state index contributed by atoms with van der Waals surface area (Å²) in [5, 5.41) is 13.4. The molecule has 0 aromatic heterocycles. The van der Waals surface area contributed by atoms with Crippen LogP contribution in [0.5, 0.6) is 0 Å². The second-order valence-electron chi connectivity index (χ2n) is 3.76. The quantitative estimate of drug-likeness (QED) is 0.248. The topological polar surface area (TPSA) is 264 Å². The largest absolute Gasteiger partial charge is 2.00 e. The average Bonchev–Trinajstić information content (AvgIpc) is 2.25. The molecule has 0 amide bonds. The normalized spacial score (nSPS) is 17.0. The molecule has 16 heteroatoms. The van der Waals surface area contributed by atoms with Gasteiger partial charge in [-0.05, 0) is 0 Å². The van der Waals surface area contributed by atoms with Gasteiger partial charge in [-0.2, -0.15) is 0 Å². The summed E-state index contributed by atoms with van der Waals surface area (Å²) in [6, 6.07) is 0. The summed E-state index contributed by atoms with van der Waals surface area (Å²) in [6.07, 6.45) is 0. The Kier molecular flexibility index (Phi) is 27.0. The van der Waals surface area contributed by atoms with Crippen molar-refractivity contribution in [3.05, 3.63) is 0 Å². The molecule has 0 radical (unpaired) electrons. The van der Waals surface area contributed by atoms with Crippen molar-refractivity contribution in [3.8, 4) is 0 Å². The first-order valence-electron chi connectivity index (χ1n) is 6.06. The van der Waals surface area contributed by atoms with Crippen molar-refractivity contribution in [2.45, 2.75) is 0 Å². The standard InChI is InChI=1S/C8H20N4.2ClHO4.H2O.Zn/c1-2-10-5-6-12-8-7-11-4-3-9-1;2*2-1(3,4)5;;/h9-12H,1-8H2;2*(H,2,3,4,5);1H2;/q;;;;+2/p-2. The van der Waals surface area contributed by atoms with Gasteiger partial charge in [-0.15, -0.1) is 20.5 Å². The fraction of sp³-hybridized carbons (Fsp3) is 1.00. The molecule has 1 heterocycles. The van der Waals surface area contributed by atoms with Gasteiger partial charge in [0, 0.05) is 52.4 Å². The van der Waals surface area contributed by atoms with Crippen molar-refractivity contribution in [2.75, 3.05) is 52.4 Å². The zero-order valence-corrected chi connectivity index (χ0v) is 17.4. The molecule has 0 atom stereocenters. The molecular formula is C8H22Cl2N4O9Zn. The predicted octanol–water partition coefficient (Wildman–Crippen LogP) is -12.0. The third-order valence-electron chi connectivity index (χ3n) is 1.91. The van der Waals surface area contributed by atoms with Gasteiger partial charge in [-0.25, -0.2) is 37.3 Å². The van der Waals surface area contributed by atoms with E-state index in [4.69, 9.17) is 37.3 Å². The van der Waals surface area contributed by atoms with Crippen molar-refractivity contribution >= 4 is 0 Å². The second-order valence-corrected chi connectivity index (χ2v) is 5.27. The summed E-state index contributed by atoms with van der Waals surface area (Å²) in [6.45, 7) is 8.57. The molecule has 1 saturated heterocycles. The molecule has 1 rings (SSSR count). The second kappa shape index (κ2) is 20.0. The summed E-state index contributed by atoms with van der Waals surface area (Å²) in [5.41, 5.74) is 0. The van der Waals surface area contributed by atoms with Crippen LogP contribution in [0.4, 0.5) is 0 Å². The van der Waals surface area contributed by atoms with E-state index in [2.05, 4.69) is 21.3 Å². The molecule has 6 N–H and O–H groups in total. The first kappa shape index (κ1) is 32.4. The van der Waals surface area contributed by atoms with Crippen molar-refractivity contribution in [1.29, 1.82) is 0 Å². The maximum absolute atomic E-state index is 8.49. The zero-order chi connectivity index (χ0) is 17.5. The Morgan fingerprint density at radius 2 is 0.500 bits per heavy atom. The molecular weight excluding hydrogens is 432 g/mol. The van der Waals surface area contributed by atoms with Crippen LogP contribution in [-0.2, 0) is 19.5 Å². The molecule has 0 aromatic carbocycles. The fourth-order valence-electron chi connectivity index (χ4n) is 1.21. The van der Waals surface area contributed by atoms with Gasteiger partial charge in [0.25, 0.3) is 0 Å². The van der Waals surface area contributed by atoms with E-state index in [1.165, 1.54) is 0 Å². The van der Waals surface area contributed by atoms with Crippen molar-refractivity contribution < 1.29 is 82.7 Å². The van der Waals surface area contributed by atoms with Crippen LogP contribution in [0.2, 0.25) is 0 Å². The van der Waals surface area contributed by atoms with Gasteiger partial charge in [0.15, 0.2) is 0 Å². The number of hydrogen-bond acceptors (Lipinski definition) is 12. The number of hydrogen-bond donors (Lipinski definition) is 4. The molecule has 1 aliphatic heterocycles. The summed E-state index contributed by atoms with van der Waals surface area (Å²) in [7, 11) is -9.89. The number of halogens is 2. The van der Waals surface area contributed by atoms with Gasteiger partial charge in [-0.1, -0.05) is 0 Å². The molecule has 13 nitrogen and oxygen atoms in total. The third-order valence-corrected chi connectivity index (χ3v) is 1.91. The molecule has 0 bridgehead atoms. The Morgan fingerprint density at radius 1 is 0.417 bits per heavy atom. The van der Waals surface area contributed by atoms with E-state index in [-0.39, 0.29) is 25.0 Å². The minimum atomic E-state index is -4.94. The van der Waals surface area contributed by atoms with Crippen LogP contribution in [0.15, 0.2) is 0 Å². The Labute approximate surface area is 156 Å². The van der Waals surface area contributed by atoms with Gasteiger partial charge >= 0.3 is 19.5 Å². The van der Waals surface area contributed by atoms with E-state index in [9.17, 15) is 0 Å². The SMILES string of the molecule is C1CNCCNCCNCCN1.O.[O-][Cl+3]([O-])([O-])[O-].[O-][Cl+3]([O-])([O-])[O-].[Zn+2]. The van der Waals surface area contributed by atoms with E-state index in [0.29, 0.717) is 0 Å². The monoisotopic (exact) mass is 452 g/mol. The molecule has 0 aliphatic carbocycles. The van der Waals surface area contributed by atoms with Crippen LogP contribution in [0.1, 0.15) is 0 Å². The Hall–Kier alpha value is 0.683. The first-order chi connectivity index (χ1) is 10.0. The molecule has 1 aliphatic rings. The summed E-state index contributed by atoms with van der Waals surface area (Å²) in [5.74, 6) is 0. The number of nitrogens with one attached hydrogen (secondary N) is 4.